The smallest absolute Gasteiger partial charge is 0.250 e. The highest BCUT2D eigenvalue weighted by molar-refractivity contribution is 7.80. The zero-order valence-electron chi connectivity index (χ0n) is 15.5. The van der Waals surface area contributed by atoms with Gasteiger partial charge in [-0.15, -0.1) is 0 Å². The first kappa shape index (κ1) is 20.5. The van der Waals surface area contributed by atoms with Gasteiger partial charge in [-0.2, -0.15) is 0 Å². The summed E-state index contributed by atoms with van der Waals surface area (Å²) in [6.45, 7) is 2.83. The van der Waals surface area contributed by atoms with E-state index >= 15 is 0 Å². The van der Waals surface area contributed by atoms with E-state index in [1.54, 1.807) is 13.2 Å². The molecule has 0 radical (unpaired) electrons. The van der Waals surface area contributed by atoms with Gasteiger partial charge in [-0.3, -0.25) is 10.1 Å². The number of methoxy groups -OCH3 is 1. The topological polar surface area (TPSA) is 59.6 Å². The molecule has 5 nitrogen and oxygen atoms in total. The van der Waals surface area contributed by atoms with Gasteiger partial charge < -0.3 is 14.8 Å². The van der Waals surface area contributed by atoms with E-state index in [9.17, 15) is 4.79 Å². The predicted octanol–water partition coefficient (Wildman–Crippen LogP) is 4.40. The van der Waals surface area contributed by atoms with Crippen molar-refractivity contribution in [3.8, 4) is 11.5 Å². The van der Waals surface area contributed by atoms with Crippen LogP contribution in [0.1, 0.15) is 25.3 Å². The summed E-state index contributed by atoms with van der Waals surface area (Å²) in [4.78, 5) is 12.0. The van der Waals surface area contributed by atoms with Crippen LogP contribution in [-0.2, 0) is 4.79 Å². The minimum atomic E-state index is -0.321. The lowest BCUT2D eigenvalue weighted by Gasteiger charge is -2.10. The van der Waals surface area contributed by atoms with Gasteiger partial charge in [0, 0.05) is 17.3 Å². The molecule has 2 aromatic rings. The van der Waals surface area contributed by atoms with Crippen LogP contribution in [0.2, 0.25) is 0 Å². The molecule has 0 spiro atoms. The molecule has 2 N–H and O–H groups in total. The summed E-state index contributed by atoms with van der Waals surface area (Å²) in [7, 11) is 1.59. The molecule has 0 aliphatic rings. The molecule has 0 saturated heterocycles. The molecule has 0 aliphatic carbocycles. The Kier molecular flexibility index (Phi) is 8.32. The highest BCUT2D eigenvalue weighted by atomic mass is 32.1. The van der Waals surface area contributed by atoms with E-state index in [-0.39, 0.29) is 11.0 Å². The third-order valence-corrected chi connectivity index (χ3v) is 3.87. The Morgan fingerprint density at radius 1 is 1.15 bits per heavy atom. The number of benzene rings is 2. The minimum Gasteiger partial charge on any atom is -0.496 e. The van der Waals surface area contributed by atoms with Gasteiger partial charge in [0.15, 0.2) is 5.11 Å². The number of anilines is 1. The molecular weight excluding hydrogens is 360 g/mol. The van der Waals surface area contributed by atoms with Crippen molar-refractivity contribution in [3.05, 3.63) is 60.2 Å². The quantitative estimate of drug-likeness (QED) is 0.401. The van der Waals surface area contributed by atoms with Gasteiger partial charge in [0.2, 0.25) is 5.91 Å². The fraction of sp³-hybridized carbons (Fsp3) is 0.238. The maximum atomic E-state index is 12.0. The molecule has 0 aromatic heterocycles. The monoisotopic (exact) mass is 384 g/mol. The van der Waals surface area contributed by atoms with Crippen molar-refractivity contribution in [2.75, 3.05) is 19.0 Å². The van der Waals surface area contributed by atoms with Crippen molar-refractivity contribution in [2.45, 2.75) is 19.8 Å². The van der Waals surface area contributed by atoms with Gasteiger partial charge in [0.05, 0.1) is 13.7 Å². The van der Waals surface area contributed by atoms with E-state index in [1.807, 2.05) is 48.5 Å². The third-order valence-electron chi connectivity index (χ3n) is 3.67. The number of nitrogens with one attached hydrogen (secondary N) is 2. The van der Waals surface area contributed by atoms with Crippen LogP contribution in [0, 0.1) is 0 Å². The van der Waals surface area contributed by atoms with Crippen molar-refractivity contribution in [3.63, 3.8) is 0 Å². The van der Waals surface area contributed by atoms with E-state index in [4.69, 9.17) is 21.7 Å². The summed E-state index contributed by atoms with van der Waals surface area (Å²) >= 11 is 5.18. The lowest BCUT2D eigenvalue weighted by molar-refractivity contribution is -0.115. The Hall–Kier alpha value is -2.86. The molecule has 0 fully saturated rings. The van der Waals surface area contributed by atoms with E-state index in [0.717, 1.165) is 29.8 Å². The van der Waals surface area contributed by atoms with Gasteiger partial charge in [0.1, 0.15) is 11.5 Å². The van der Waals surface area contributed by atoms with Crippen LogP contribution < -0.4 is 20.1 Å². The van der Waals surface area contributed by atoms with E-state index in [2.05, 4.69) is 17.6 Å². The number of hydrogen-bond acceptors (Lipinski definition) is 4. The summed E-state index contributed by atoms with van der Waals surface area (Å²) < 4.78 is 10.9. The van der Waals surface area contributed by atoms with Gasteiger partial charge in [-0.1, -0.05) is 31.5 Å². The maximum Gasteiger partial charge on any atom is 0.250 e. The molecule has 0 aliphatic heterocycles. The SMILES string of the molecule is CCCCOc1ccc(NC(=S)NC(=O)/C=C/c2ccccc2OC)cc1. The summed E-state index contributed by atoms with van der Waals surface area (Å²) in [5.41, 5.74) is 1.59. The summed E-state index contributed by atoms with van der Waals surface area (Å²) in [5, 5.41) is 5.81. The Labute approximate surface area is 165 Å². The molecule has 2 rings (SSSR count). The van der Waals surface area contributed by atoms with Gasteiger partial charge >= 0.3 is 0 Å². The number of rotatable bonds is 8. The maximum absolute atomic E-state index is 12.0. The molecule has 142 valence electrons. The van der Waals surface area contributed by atoms with Crippen LogP contribution in [0.4, 0.5) is 5.69 Å². The molecule has 1 amide bonds. The molecule has 6 heteroatoms. The van der Waals surface area contributed by atoms with Crippen LogP contribution in [0.5, 0.6) is 11.5 Å². The van der Waals surface area contributed by atoms with E-state index in [1.165, 1.54) is 6.08 Å². The first-order chi connectivity index (χ1) is 13.1. The standard InChI is InChI=1S/C21H24N2O3S/c1-3-4-15-26-18-12-10-17(11-13-18)22-21(27)23-20(24)14-9-16-7-5-6-8-19(16)25-2/h5-14H,3-4,15H2,1-2H3,(H2,22,23,24,27)/b14-9+. The van der Waals surface area contributed by atoms with Crippen molar-refractivity contribution >= 4 is 35.0 Å². The normalized spacial score (nSPS) is 10.4. The molecule has 0 bridgehead atoms. The van der Waals surface area contributed by atoms with Gasteiger partial charge in [-0.25, -0.2) is 0 Å². The Bertz CT molecular complexity index is 788. The summed E-state index contributed by atoms with van der Waals surface area (Å²) in [6, 6.07) is 14.9. The number of carbonyl (C=O) groups is 1. The number of unbranched alkanes of at least 4 members (excludes halogenated alkanes) is 1. The molecule has 2 aromatic carbocycles. The minimum absolute atomic E-state index is 0.226. The van der Waals surface area contributed by atoms with Crippen molar-refractivity contribution in [1.82, 2.24) is 5.32 Å². The summed E-state index contributed by atoms with van der Waals surface area (Å²) in [5.74, 6) is 1.19. The molecular formula is C21H24N2O3S. The van der Waals surface area contributed by atoms with Gasteiger partial charge in [0.25, 0.3) is 0 Å². The number of thiocarbonyl (C=S) groups is 1. The lowest BCUT2D eigenvalue weighted by Crippen LogP contribution is -2.32. The van der Waals surface area contributed by atoms with Crippen LogP contribution in [-0.4, -0.2) is 24.7 Å². The first-order valence-corrected chi connectivity index (χ1v) is 9.19. The third kappa shape index (κ3) is 7.11. The first-order valence-electron chi connectivity index (χ1n) is 8.78. The zero-order valence-corrected chi connectivity index (χ0v) is 16.3. The van der Waals surface area contributed by atoms with Crippen molar-refractivity contribution < 1.29 is 14.3 Å². The molecule has 27 heavy (non-hydrogen) atoms. The molecule has 0 heterocycles. The fourth-order valence-corrected chi connectivity index (χ4v) is 2.47. The van der Waals surface area contributed by atoms with Gasteiger partial charge in [-0.05, 0) is 55.0 Å². The van der Waals surface area contributed by atoms with E-state index < -0.39 is 0 Å². The second kappa shape index (κ2) is 11.0. The fourth-order valence-electron chi connectivity index (χ4n) is 2.25. The summed E-state index contributed by atoms with van der Waals surface area (Å²) in [6.07, 6.45) is 5.22. The second-order valence-electron chi connectivity index (χ2n) is 5.75. The number of amides is 1. The van der Waals surface area contributed by atoms with Crippen molar-refractivity contribution in [2.24, 2.45) is 0 Å². The Morgan fingerprint density at radius 2 is 1.89 bits per heavy atom. The average molecular weight is 385 g/mol. The second-order valence-corrected chi connectivity index (χ2v) is 6.15. The number of para-hydroxylation sites is 1. The van der Waals surface area contributed by atoms with Crippen LogP contribution in [0.3, 0.4) is 0 Å². The Balaban J connectivity index is 1.84. The highest BCUT2D eigenvalue weighted by Gasteiger charge is 2.03. The van der Waals surface area contributed by atoms with Crippen LogP contribution in [0.25, 0.3) is 6.08 Å². The highest BCUT2D eigenvalue weighted by Crippen LogP contribution is 2.18. The Morgan fingerprint density at radius 3 is 2.59 bits per heavy atom. The molecule has 0 unspecified atom stereocenters. The van der Waals surface area contributed by atoms with E-state index in [0.29, 0.717) is 12.4 Å². The number of carbonyl (C=O) groups excluding carboxylic acids is 1. The van der Waals surface area contributed by atoms with Crippen LogP contribution >= 0.6 is 12.2 Å². The van der Waals surface area contributed by atoms with Crippen molar-refractivity contribution in [1.29, 1.82) is 0 Å². The number of ether oxygens (including phenoxy) is 2. The number of hydrogen-bond donors (Lipinski definition) is 2. The zero-order chi connectivity index (χ0) is 19.5. The molecule has 0 atom stereocenters. The molecule has 0 saturated carbocycles. The average Bonchev–Trinajstić information content (AvgIpc) is 2.68. The largest absolute Gasteiger partial charge is 0.496 e. The van der Waals surface area contributed by atoms with Crippen LogP contribution in [0.15, 0.2) is 54.6 Å². The lowest BCUT2D eigenvalue weighted by atomic mass is 10.2. The predicted molar refractivity (Wildman–Crippen MR) is 113 cm³/mol.